The quantitative estimate of drug-likeness (QED) is 0.701. The number of para-hydroxylation sites is 1. The Kier molecular flexibility index (Phi) is 2.31. The van der Waals surface area contributed by atoms with Crippen molar-refractivity contribution in [3.63, 3.8) is 0 Å². The lowest BCUT2D eigenvalue weighted by Crippen LogP contribution is -1.82. The average molecular weight is 220 g/mol. The Balaban J connectivity index is 2.20. The maximum absolute atomic E-state index is 8.62. The lowest BCUT2D eigenvalue weighted by atomic mass is 10.1. The normalized spacial score (nSPS) is 10.8. The molecule has 1 N–H and O–H groups in total. The summed E-state index contributed by atoms with van der Waals surface area (Å²) in [6.45, 7) is 0. The van der Waals surface area contributed by atoms with Gasteiger partial charge in [0.05, 0.1) is 6.07 Å². The molecule has 0 fully saturated rings. The Morgan fingerprint density at radius 3 is 2.71 bits per heavy atom. The molecule has 2 nitrogen and oxygen atoms in total. The first-order chi connectivity index (χ1) is 8.38. The van der Waals surface area contributed by atoms with Gasteiger partial charge in [-0.05, 0) is 30.2 Å². The van der Waals surface area contributed by atoms with Crippen LogP contribution in [0.4, 0.5) is 0 Å². The number of H-pyrrole nitrogens is 1. The first kappa shape index (κ1) is 9.92. The summed E-state index contributed by atoms with van der Waals surface area (Å²) in [5, 5.41) is 11.1. The van der Waals surface area contributed by atoms with Crippen LogP contribution in [0.3, 0.4) is 0 Å². The van der Waals surface area contributed by atoms with Gasteiger partial charge in [-0.25, -0.2) is 0 Å². The van der Waals surface area contributed by atoms with Crippen LogP contribution in [-0.4, -0.2) is 4.98 Å². The molecule has 2 aromatic carbocycles. The number of aromatic amines is 1. The predicted octanol–water partition coefficient (Wildman–Crippen LogP) is 3.78. The second kappa shape index (κ2) is 3.95. The highest BCUT2D eigenvalue weighted by Gasteiger charge is 2.03. The van der Waals surface area contributed by atoms with Crippen molar-refractivity contribution in [3.8, 4) is 6.07 Å². The topological polar surface area (TPSA) is 39.6 Å². The van der Waals surface area contributed by atoms with E-state index in [4.69, 9.17) is 5.26 Å². The molecule has 1 heterocycles. The molecule has 0 unspecified atom stereocenters. The Hall–Kier alpha value is -2.27. The van der Waals surface area contributed by atoms with Crippen LogP contribution in [0.25, 0.3) is 21.8 Å². The number of fused-ring (bicyclic) bond motifs is 3. The first-order valence-corrected chi connectivity index (χ1v) is 5.75. The van der Waals surface area contributed by atoms with Gasteiger partial charge in [-0.1, -0.05) is 24.3 Å². The Morgan fingerprint density at radius 2 is 1.82 bits per heavy atom. The van der Waals surface area contributed by atoms with Crippen LogP contribution in [0.2, 0.25) is 0 Å². The molecule has 82 valence electrons. The van der Waals surface area contributed by atoms with Gasteiger partial charge in [0, 0.05) is 28.2 Å². The largest absolute Gasteiger partial charge is 0.355 e. The van der Waals surface area contributed by atoms with Crippen molar-refractivity contribution in [2.75, 3.05) is 0 Å². The van der Waals surface area contributed by atoms with Crippen molar-refractivity contribution < 1.29 is 0 Å². The van der Waals surface area contributed by atoms with Gasteiger partial charge in [0.15, 0.2) is 0 Å². The average Bonchev–Trinajstić information content (AvgIpc) is 2.74. The van der Waals surface area contributed by atoms with Crippen LogP contribution in [0, 0.1) is 11.3 Å². The molecule has 3 aromatic rings. The number of aryl methyl sites for hydroxylation is 1. The minimum absolute atomic E-state index is 0.577. The number of hydrogen-bond donors (Lipinski definition) is 1. The van der Waals surface area contributed by atoms with Crippen molar-refractivity contribution in [2.45, 2.75) is 12.8 Å². The summed E-state index contributed by atoms with van der Waals surface area (Å²) in [4.78, 5) is 3.40. The number of aromatic nitrogens is 1. The smallest absolute Gasteiger partial charge is 0.0625 e. The zero-order chi connectivity index (χ0) is 11.7. The van der Waals surface area contributed by atoms with Gasteiger partial charge in [0.1, 0.15) is 0 Å². The molecule has 2 heteroatoms. The van der Waals surface area contributed by atoms with E-state index in [2.05, 4.69) is 47.5 Å². The van der Waals surface area contributed by atoms with Crippen LogP contribution < -0.4 is 0 Å². The van der Waals surface area contributed by atoms with E-state index in [1.54, 1.807) is 0 Å². The van der Waals surface area contributed by atoms with Gasteiger partial charge < -0.3 is 4.98 Å². The second-order valence-electron chi connectivity index (χ2n) is 4.21. The third kappa shape index (κ3) is 1.66. The molecule has 0 saturated carbocycles. The van der Waals surface area contributed by atoms with E-state index in [9.17, 15) is 0 Å². The number of nitrogens with one attached hydrogen (secondary N) is 1. The summed E-state index contributed by atoms with van der Waals surface area (Å²) in [5.41, 5.74) is 3.55. The highest BCUT2D eigenvalue weighted by atomic mass is 14.7. The Labute approximate surface area is 99.5 Å². The number of nitrogens with zero attached hydrogens (tertiary/aromatic N) is 1. The SMILES string of the molecule is N#CCCc1ccc2[nH]c3ccccc3c2c1. The number of nitriles is 1. The Morgan fingerprint density at radius 1 is 1.00 bits per heavy atom. The second-order valence-corrected chi connectivity index (χ2v) is 4.21. The van der Waals surface area contributed by atoms with Crippen LogP contribution in [0.1, 0.15) is 12.0 Å². The summed E-state index contributed by atoms with van der Waals surface area (Å²) in [6, 6.07) is 16.9. The van der Waals surface area contributed by atoms with Crippen molar-refractivity contribution in [2.24, 2.45) is 0 Å². The third-order valence-corrected chi connectivity index (χ3v) is 3.10. The maximum Gasteiger partial charge on any atom is 0.0625 e. The summed E-state index contributed by atoms with van der Waals surface area (Å²) in [7, 11) is 0. The maximum atomic E-state index is 8.62. The summed E-state index contributed by atoms with van der Waals surface area (Å²) in [6.07, 6.45) is 1.40. The number of benzene rings is 2. The van der Waals surface area contributed by atoms with Crippen molar-refractivity contribution in [3.05, 3.63) is 48.0 Å². The van der Waals surface area contributed by atoms with Gasteiger partial charge in [-0.2, -0.15) is 5.26 Å². The van der Waals surface area contributed by atoms with E-state index in [-0.39, 0.29) is 0 Å². The third-order valence-electron chi connectivity index (χ3n) is 3.10. The van der Waals surface area contributed by atoms with E-state index < -0.39 is 0 Å². The van der Waals surface area contributed by atoms with Crippen LogP contribution >= 0.6 is 0 Å². The van der Waals surface area contributed by atoms with Crippen LogP contribution in [-0.2, 0) is 6.42 Å². The van der Waals surface area contributed by atoms with Crippen molar-refractivity contribution in [1.29, 1.82) is 5.26 Å². The molecule has 1 aromatic heterocycles. The number of rotatable bonds is 2. The van der Waals surface area contributed by atoms with Crippen LogP contribution in [0.15, 0.2) is 42.5 Å². The molecule has 0 saturated heterocycles. The lowest BCUT2D eigenvalue weighted by Gasteiger charge is -1.97. The molecule has 0 spiro atoms. The zero-order valence-corrected chi connectivity index (χ0v) is 9.40. The van der Waals surface area contributed by atoms with E-state index in [1.165, 1.54) is 21.9 Å². The van der Waals surface area contributed by atoms with Crippen molar-refractivity contribution in [1.82, 2.24) is 4.98 Å². The van der Waals surface area contributed by atoms with Gasteiger partial charge in [-0.15, -0.1) is 0 Å². The zero-order valence-electron chi connectivity index (χ0n) is 9.40. The van der Waals surface area contributed by atoms with Crippen LogP contribution in [0.5, 0.6) is 0 Å². The van der Waals surface area contributed by atoms with E-state index >= 15 is 0 Å². The van der Waals surface area contributed by atoms with Gasteiger partial charge in [0.2, 0.25) is 0 Å². The fourth-order valence-corrected chi connectivity index (χ4v) is 2.25. The molecule has 0 aliphatic rings. The highest BCUT2D eigenvalue weighted by molar-refractivity contribution is 6.07. The molecule has 0 amide bonds. The van der Waals surface area contributed by atoms with Gasteiger partial charge in [0.25, 0.3) is 0 Å². The fraction of sp³-hybridized carbons (Fsp3) is 0.133. The summed E-state index contributed by atoms with van der Waals surface area (Å²) in [5.74, 6) is 0. The van der Waals surface area contributed by atoms with Gasteiger partial charge >= 0.3 is 0 Å². The molecular formula is C15H12N2. The molecule has 0 aliphatic heterocycles. The highest BCUT2D eigenvalue weighted by Crippen LogP contribution is 2.26. The molecule has 3 rings (SSSR count). The van der Waals surface area contributed by atoms with E-state index in [1.807, 2.05) is 6.07 Å². The predicted molar refractivity (Wildman–Crippen MR) is 69.7 cm³/mol. The molecule has 0 bridgehead atoms. The number of hydrogen-bond acceptors (Lipinski definition) is 1. The summed E-state index contributed by atoms with van der Waals surface area (Å²) >= 11 is 0. The van der Waals surface area contributed by atoms with Gasteiger partial charge in [-0.3, -0.25) is 0 Å². The van der Waals surface area contributed by atoms with E-state index in [0.717, 1.165) is 11.9 Å². The standard InChI is InChI=1S/C15H12N2/c16-9-3-4-11-7-8-15-13(10-11)12-5-1-2-6-14(12)17-15/h1-2,5-8,10,17H,3-4H2. The monoisotopic (exact) mass is 220 g/mol. The molecule has 0 atom stereocenters. The molecular weight excluding hydrogens is 208 g/mol. The molecule has 17 heavy (non-hydrogen) atoms. The van der Waals surface area contributed by atoms with Crippen molar-refractivity contribution >= 4 is 21.8 Å². The Bertz CT molecular complexity index is 716. The van der Waals surface area contributed by atoms with E-state index in [0.29, 0.717) is 6.42 Å². The minimum atomic E-state index is 0.577. The molecule has 0 radical (unpaired) electrons. The fourth-order valence-electron chi connectivity index (χ4n) is 2.25. The lowest BCUT2D eigenvalue weighted by molar-refractivity contribution is 1.01. The minimum Gasteiger partial charge on any atom is -0.355 e. The first-order valence-electron chi connectivity index (χ1n) is 5.75. The molecule has 0 aliphatic carbocycles. The summed E-state index contributed by atoms with van der Waals surface area (Å²) < 4.78 is 0.